The van der Waals surface area contributed by atoms with Crippen LogP contribution in [0.2, 0.25) is 0 Å². The molecular formula is C11H20N2O3S. The summed E-state index contributed by atoms with van der Waals surface area (Å²) in [4.78, 5) is 22.1. The Morgan fingerprint density at radius 1 is 1.29 bits per heavy atom. The normalized spacial score (nSPS) is 14.1. The van der Waals surface area contributed by atoms with Gasteiger partial charge in [-0.1, -0.05) is 6.58 Å². The Morgan fingerprint density at radius 2 is 1.88 bits per heavy atom. The molecule has 0 saturated heterocycles. The van der Waals surface area contributed by atoms with Crippen molar-refractivity contribution in [3.63, 3.8) is 0 Å². The van der Waals surface area contributed by atoms with Crippen molar-refractivity contribution in [2.24, 2.45) is 11.5 Å². The van der Waals surface area contributed by atoms with E-state index in [2.05, 4.69) is 6.58 Å². The van der Waals surface area contributed by atoms with E-state index in [9.17, 15) is 9.59 Å². The second-order valence-electron chi connectivity index (χ2n) is 3.82. The maximum Gasteiger partial charge on any atom is 0.303 e. The Hall–Kier alpha value is -0.850. The molecule has 0 heterocycles. The maximum absolute atomic E-state index is 11.8. The number of aliphatic carboxylic acids is 1. The third-order valence-electron chi connectivity index (χ3n) is 2.40. The van der Waals surface area contributed by atoms with Gasteiger partial charge in [0.05, 0.1) is 6.04 Å². The molecule has 0 aliphatic rings. The molecule has 6 heteroatoms. The van der Waals surface area contributed by atoms with Gasteiger partial charge in [0.25, 0.3) is 0 Å². The largest absolute Gasteiger partial charge is 0.481 e. The number of hydrogen-bond acceptors (Lipinski definition) is 5. The number of rotatable bonds is 9. The molecule has 0 aliphatic carbocycles. The van der Waals surface area contributed by atoms with Crippen LogP contribution in [0.5, 0.6) is 0 Å². The van der Waals surface area contributed by atoms with E-state index < -0.39 is 18.1 Å². The molecule has 0 amide bonds. The van der Waals surface area contributed by atoms with Crippen molar-refractivity contribution < 1.29 is 14.7 Å². The van der Waals surface area contributed by atoms with Gasteiger partial charge in [0.1, 0.15) is 0 Å². The number of carboxylic acids is 1. The number of carboxylic acid groups (broad SMARTS) is 1. The molecule has 0 saturated carbocycles. The Balaban J connectivity index is 4.19. The van der Waals surface area contributed by atoms with Crippen molar-refractivity contribution >= 4 is 23.5 Å². The third-order valence-corrected chi connectivity index (χ3v) is 3.05. The van der Waals surface area contributed by atoms with Crippen molar-refractivity contribution in [3.8, 4) is 0 Å². The first-order valence-corrected chi connectivity index (χ1v) is 6.74. The first-order valence-electron chi connectivity index (χ1n) is 5.35. The minimum absolute atomic E-state index is 0.114. The number of thioether (sulfide) groups is 1. The van der Waals surface area contributed by atoms with E-state index in [0.717, 1.165) is 5.75 Å². The van der Waals surface area contributed by atoms with E-state index in [4.69, 9.17) is 16.6 Å². The summed E-state index contributed by atoms with van der Waals surface area (Å²) in [7, 11) is 0. The van der Waals surface area contributed by atoms with Crippen LogP contribution in [-0.4, -0.2) is 41.0 Å². The van der Waals surface area contributed by atoms with Gasteiger partial charge in [0.2, 0.25) is 0 Å². The second-order valence-corrected chi connectivity index (χ2v) is 4.80. The predicted molar refractivity (Wildman–Crippen MR) is 70.0 cm³/mol. The number of carbonyl (C=O) groups is 2. The molecule has 0 radical (unpaired) electrons. The first-order chi connectivity index (χ1) is 7.90. The van der Waals surface area contributed by atoms with Crippen LogP contribution in [0.4, 0.5) is 0 Å². The Labute approximate surface area is 106 Å². The van der Waals surface area contributed by atoms with Crippen molar-refractivity contribution in [1.82, 2.24) is 0 Å². The number of carbonyl (C=O) groups excluding carboxylic acids is 1. The van der Waals surface area contributed by atoms with Crippen LogP contribution in [-0.2, 0) is 9.59 Å². The van der Waals surface area contributed by atoms with E-state index in [0.29, 0.717) is 6.42 Å². The highest BCUT2D eigenvalue weighted by molar-refractivity contribution is 7.98. The van der Waals surface area contributed by atoms with Crippen molar-refractivity contribution in [2.45, 2.75) is 31.3 Å². The van der Waals surface area contributed by atoms with Crippen LogP contribution in [0.1, 0.15) is 19.3 Å². The van der Waals surface area contributed by atoms with E-state index in [1.54, 1.807) is 11.8 Å². The molecule has 0 rings (SSSR count). The second kappa shape index (κ2) is 8.27. The summed E-state index contributed by atoms with van der Waals surface area (Å²) in [6.45, 7) is 3.64. The molecule has 0 unspecified atom stereocenters. The molecular weight excluding hydrogens is 240 g/mol. The molecule has 98 valence electrons. The zero-order chi connectivity index (χ0) is 13.4. The van der Waals surface area contributed by atoms with E-state index in [-0.39, 0.29) is 24.2 Å². The number of Topliss-reactive ketones (excluding diaryl/α,β-unsaturated/α-hetero) is 1. The Kier molecular flexibility index (Phi) is 7.86. The smallest absolute Gasteiger partial charge is 0.303 e. The number of nitrogens with two attached hydrogens (primary N) is 2. The Bertz CT molecular complexity index is 294. The molecule has 0 spiro atoms. The Morgan fingerprint density at radius 3 is 2.35 bits per heavy atom. The highest BCUT2D eigenvalue weighted by Crippen LogP contribution is 2.10. The fourth-order valence-electron chi connectivity index (χ4n) is 1.25. The molecule has 0 aromatic rings. The molecule has 0 aliphatic heterocycles. The monoisotopic (exact) mass is 260 g/mol. The predicted octanol–water partition coefficient (Wildman–Crippen LogP) is 0.384. The van der Waals surface area contributed by atoms with Crippen molar-refractivity contribution in [1.29, 1.82) is 0 Å². The van der Waals surface area contributed by atoms with E-state index in [1.807, 2.05) is 6.26 Å². The fraction of sp³-hybridized carbons (Fsp3) is 0.636. The highest BCUT2D eigenvalue weighted by Gasteiger charge is 2.21. The van der Waals surface area contributed by atoms with Gasteiger partial charge < -0.3 is 16.6 Å². The summed E-state index contributed by atoms with van der Waals surface area (Å²) in [5.74, 6) is -0.455. The number of hydrogen-bond donors (Lipinski definition) is 3. The lowest BCUT2D eigenvalue weighted by atomic mass is 9.96. The van der Waals surface area contributed by atoms with Crippen LogP contribution >= 0.6 is 11.8 Å². The van der Waals surface area contributed by atoms with Gasteiger partial charge >= 0.3 is 5.97 Å². The zero-order valence-corrected chi connectivity index (χ0v) is 10.8. The molecule has 0 fully saturated rings. The molecule has 0 aromatic carbocycles. The summed E-state index contributed by atoms with van der Waals surface area (Å²) in [6.07, 6.45) is 2.61. The first kappa shape index (κ1) is 16.1. The highest BCUT2D eigenvalue weighted by atomic mass is 32.2. The maximum atomic E-state index is 11.8. The lowest BCUT2D eigenvalue weighted by Gasteiger charge is -2.16. The van der Waals surface area contributed by atoms with Crippen molar-refractivity contribution in [3.05, 3.63) is 12.2 Å². The molecule has 17 heavy (non-hydrogen) atoms. The van der Waals surface area contributed by atoms with E-state index >= 15 is 0 Å². The SMILES string of the molecule is C=C(C(=O)[C@@H](N)CCC(=O)O)[C@@H](N)CCSC. The van der Waals surface area contributed by atoms with Gasteiger partial charge in [0.15, 0.2) is 5.78 Å². The van der Waals surface area contributed by atoms with Gasteiger partial charge in [-0.25, -0.2) is 0 Å². The molecule has 5 nitrogen and oxygen atoms in total. The standard InChI is InChI=1S/C11H20N2O3S/c1-7(8(12)5-6-17-2)11(16)9(13)3-4-10(14)15/h8-9H,1,3-6,12-13H2,2H3,(H,14,15)/t8-,9-/m0/s1. The topological polar surface area (TPSA) is 106 Å². The van der Waals surface area contributed by atoms with Crippen LogP contribution in [0.3, 0.4) is 0 Å². The summed E-state index contributed by atoms with van der Waals surface area (Å²) >= 11 is 1.64. The quantitative estimate of drug-likeness (QED) is 0.518. The van der Waals surface area contributed by atoms with Crippen molar-refractivity contribution in [2.75, 3.05) is 12.0 Å². The summed E-state index contributed by atoms with van der Waals surface area (Å²) in [6, 6.07) is -1.22. The van der Waals surface area contributed by atoms with Crippen LogP contribution in [0.15, 0.2) is 12.2 Å². The summed E-state index contributed by atoms with van der Waals surface area (Å²) in [5, 5.41) is 8.49. The van der Waals surface area contributed by atoms with Gasteiger partial charge in [-0.05, 0) is 24.9 Å². The van der Waals surface area contributed by atoms with Crippen LogP contribution in [0.25, 0.3) is 0 Å². The third kappa shape index (κ3) is 6.45. The van der Waals surface area contributed by atoms with E-state index in [1.165, 1.54) is 0 Å². The minimum atomic E-state index is -0.967. The lowest BCUT2D eigenvalue weighted by Crippen LogP contribution is -2.38. The molecule has 2 atom stereocenters. The lowest BCUT2D eigenvalue weighted by molar-refractivity contribution is -0.137. The fourth-order valence-corrected chi connectivity index (χ4v) is 1.74. The minimum Gasteiger partial charge on any atom is -0.481 e. The summed E-state index contributed by atoms with van der Waals surface area (Å²) in [5.41, 5.74) is 11.7. The molecule has 5 N–H and O–H groups in total. The van der Waals surface area contributed by atoms with Gasteiger partial charge in [0, 0.05) is 18.0 Å². The average molecular weight is 260 g/mol. The zero-order valence-electron chi connectivity index (χ0n) is 10.0. The van der Waals surface area contributed by atoms with Gasteiger partial charge in [-0.15, -0.1) is 0 Å². The van der Waals surface area contributed by atoms with Crippen LogP contribution in [0, 0.1) is 0 Å². The summed E-state index contributed by atoms with van der Waals surface area (Å²) < 4.78 is 0. The van der Waals surface area contributed by atoms with Gasteiger partial charge in [-0.2, -0.15) is 11.8 Å². The molecule has 0 bridgehead atoms. The average Bonchev–Trinajstić information content (AvgIpc) is 2.30. The number of ketones is 1. The molecule has 0 aromatic heterocycles. The van der Waals surface area contributed by atoms with Crippen LogP contribution < -0.4 is 11.5 Å². The van der Waals surface area contributed by atoms with Gasteiger partial charge in [-0.3, -0.25) is 9.59 Å².